The summed E-state index contributed by atoms with van der Waals surface area (Å²) in [5.74, 6) is -2.86. The van der Waals surface area contributed by atoms with E-state index in [0.29, 0.717) is 5.75 Å². The first kappa shape index (κ1) is 19.6. The molecular formula is C18H15BrF2N2O3S. The van der Waals surface area contributed by atoms with Crippen LogP contribution in [-0.4, -0.2) is 34.9 Å². The van der Waals surface area contributed by atoms with Gasteiger partial charge in [0, 0.05) is 5.56 Å². The number of primary amides is 1. The average molecular weight is 457 g/mol. The Morgan fingerprint density at radius 2 is 2.11 bits per heavy atom. The number of thioether (sulfide) groups is 1. The number of rotatable bonds is 6. The molecule has 9 heteroatoms. The molecule has 2 aromatic rings. The van der Waals surface area contributed by atoms with Gasteiger partial charge in [-0.25, -0.2) is 8.78 Å². The van der Waals surface area contributed by atoms with Crippen molar-refractivity contribution in [3.63, 3.8) is 0 Å². The molecule has 0 fully saturated rings. The normalized spacial score (nSPS) is 18.9. The van der Waals surface area contributed by atoms with Crippen LogP contribution in [0.15, 0.2) is 41.4 Å². The molecule has 0 saturated heterocycles. The van der Waals surface area contributed by atoms with E-state index in [4.69, 9.17) is 15.2 Å². The number of methoxy groups -OCH3 is 1. The second-order valence-electron chi connectivity index (χ2n) is 5.56. The Morgan fingerprint density at radius 1 is 1.33 bits per heavy atom. The van der Waals surface area contributed by atoms with Crippen LogP contribution >= 0.6 is 27.7 Å². The summed E-state index contributed by atoms with van der Waals surface area (Å²) >= 11 is 5.04. The van der Waals surface area contributed by atoms with E-state index >= 15 is 0 Å². The third kappa shape index (κ3) is 4.24. The fraction of sp³-hybridized carbons (Fsp3) is 0.222. The van der Waals surface area contributed by atoms with Gasteiger partial charge >= 0.3 is 0 Å². The number of amides is 1. The minimum atomic E-state index is -1.19. The Kier molecular flexibility index (Phi) is 6.01. The fourth-order valence-corrected chi connectivity index (χ4v) is 4.60. The van der Waals surface area contributed by atoms with Crippen molar-refractivity contribution < 1.29 is 23.0 Å². The predicted octanol–water partition coefficient (Wildman–Crippen LogP) is 3.73. The summed E-state index contributed by atoms with van der Waals surface area (Å²) in [7, 11) is 1.59. The molecule has 1 heterocycles. The van der Waals surface area contributed by atoms with Crippen molar-refractivity contribution in [2.24, 2.45) is 10.7 Å². The van der Waals surface area contributed by atoms with Gasteiger partial charge in [-0.15, -0.1) is 11.8 Å². The lowest BCUT2D eigenvalue weighted by molar-refractivity contribution is 0.0991. The van der Waals surface area contributed by atoms with E-state index in [-0.39, 0.29) is 21.9 Å². The summed E-state index contributed by atoms with van der Waals surface area (Å²) in [4.78, 5) is 15.8. The third-order valence-electron chi connectivity index (χ3n) is 3.82. The molecule has 1 amide bonds. The molecular weight excluding hydrogens is 442 g/mol. The van der Waals surface area contributed by atoms with Gasteiger partial charge in [0.15, 0.2) is 11.6 Å². The Balaban J connectivity index is 1.75. The van der Waals surface area contributed by atoms with E-state index in [1.807, 2.05) is 24.3 Å². The summed E-state index contributed by atoms with van der Waals surface area (Å²) in [6, 6.07) is 9.55. The molecule has 5 nitrogen and oxygen atoms in total. The highest BCUT2D eigenvalue weighted by Crippen LogP contribution is 2.36. The molecule has 27 heavy (non-hydrogen) atoms. The zero-order valence-corrected chi connectivity index (χ0v) is 16.5. The number of nitrogens with two attached hydrogens (primary N) is 1. The Labute approximate surface area is 167 Å². The number of carbonyl (C=O) groups is 1. The zero-order chi connectivity index (χ0) is 19.6. The standard InChI is InChI=1S/C18H15BrF2N2O3S/c1-25-10-4-2-3-9(7-10)16-17(19)27-13(23-16)8-26-12-6-5-11(20)14(15(12)21)18(22)24/h2-7,13,17H,8H2,1H3,(H2,22,24). The van der Waals surface area contributed by atoms with E-state index in [2.05, 4.69) is 20.9 Å². The van der Waals surface area contributed by atoms with Crippen LogP contribution in [0.4, 0.5) is 8.78 Å². The number of hydrogen-bond donors (Lipinski definition) is 1. The Hall–Kier alpha value is -2.13. The van der Waals surface area contributed by atoms with Crippen molar-refractivity contribution in [1.29, 1.82) is 0 Å². The molecule has 3 rings (SSSR count). The first-order chi connectivity index (χ1) is 12.9. The van der Waals surface area contributed by atoms with Crippen LogP contribution < -0.4 is 15.2 Å². The molecule has 142 valence electrons. The molecule has 1 aliphatic rings. The first-order valence-corrected chi connectivity index (χ1v) is 9.68. The summed E-state index contributed by atoms with van der Waals surface area (Å²) in [5.41, 5.74) is 5.90. The number of aliphatic imine (C=N–C) groups is 1. The number of halogens is 3. The lowest BCUT2D eigenvalue weighted by Gasteiger charge is -2.12. The highest BCUT2D eigenvalue weighted by molar-refractivity contribution is 9.11. The second kappa shape index (κ2) is 8.26. The summed E-state index contributed by atoms with van der Waals surface area (Å²) in [5, 5.41) is -0.308. The van der Waals surface area contributed by atoms with E-state index in [1.165, 1.54) is 11.8 Å². The van der Waals surface area contributed by atoms with Crippen LogP contribution in [0.5, 0.6) is 11.5 Å². The zero-order valence-electron chi connectivity index (χ0n) is 14.1. The SMILES string of the molecule is COc1cccc(C2=NC(COc3ccc(F)c(C(N)=O)c3F)SC2Br)c1. The average Bonchev–Trinajstić information content (AvgIpc) is 3.01. The van der Waals surface area contributed by atoms with Crippen LogP contribution in [0.1, 0.15) is 15.9 Å². The van der Waals surface area contributed by atoms with Crippen molar-refractivity contribution in [1.82, 2.24) is 0 Å². The fourth-order valence-electron chi connectivity index (χ4n) is 2.54. The van der Waals surface area contributed by atoms with E-state index in [1.54, 1.807) is 7.11 Å². The van der Waals surface area contributed by atoms with Crippen LogP contribution in [0.2, 0.25) is 0 Å². The van der Waals surface area contributed by atoms with E-state index in [9.17, 15) is 13.6 Å². The third-order valence-corrected chi connectivity index (χ3v) is 5.92. The van der Waals surface area contributed by atoms with Crippen LogP contribution in [0, 0.1) is 11.6 Å². The van der Waals surface area contributed by atoms with Crippen LogP contribution in [0.3, 0.4) is 0 Å². The first-order valence-electron chi connectivity index (χ1n) is 7.83. The molecule has 0 bridgehead atoms. The lowest BCUT2D eigenvalue weighted by Crippen LogP contribution is -2.17. The number of nitrogens with zero attached hydrogens (tertiary/aromatic N) is 1. The summed E-state index contributed by atoms with van der Waals surface area (Å²) in [6.07, 6.45) is 0. The van der Waals surface area contributed by atoms with Gasteiger partial charge in [0.1, 0.15) is 33.3 Å². The molecule has 0 radical (unpaired) electrons. The minimum Gasteiger partial charge on any atom is -0.497 e. The molecule has 2 N–H and O–H groups in total. The van der Waals surface area contributed by atoms with E-state index in [0.717, 1.165) is 23.4 Å². The van der Waals surface area contributed by atoms with Gasteiger partial charge in [0.2, 0.25) is 0 Å². The minimum absolute atomic E-state index is 0.0426. The summed E-state index contributed by atoms with van der Waals surface area (Å²) < 4.78 is 38.3. The van der Waals surface area contributed by atoms with Crippen molar-refractivity contribution in [3.8, 4) is 11.5 Å². The van der Waals surface area contributed by atoms with Gasteiger partial charge in [0.05, 0.1) is 12.8 Å². The van der Waals surface area contributed by atoms with Crippen molar-refractivity contribution in [2.75, 3.05) is 13.7 Å². The molecule has 0 saturated carbocycles. The predicted molar refractivity (Wildman–Crippen MR) is 104 cm³/mol. The smallest absolute Gasteiger partial charge is 0.254 e. The van der Waals surface area contributed by atoms with Crippen molar-refractivity contribution >= 4 is 39.3 Å². The maximum Gasteiger partial charge on any atom is 0.254 e. The largest absolute Gasteiger partial charge is 0.497 e. The number of benzene rings is 2. The van der Waals surface area contributed by atoms with Gasteiger partial charge < -0.3 is 15.2 Å². The monoisotopic (exact) mass is 456 g/mol. The van der Waals surface area contributed by atoms with Gasteiger partial charge in [-0.2, -0.15) is 0 Å². The number of carbonyl (C=O) groups excluding carboxylic acids is 1. The Bertz CT molecular complexity index is 910. The van der Waals surface area contributed by atoms with Gasteiger partial charge in [0.25, 0.3) is 5.91 Å². The number of hydrogen-bond acceptors (Lipinski definition) is 5. The summed E-state index contributed by atoms with van der Waals surface area (Å²) in [6.45, 7) is 0.0426. The van der Waals surface area contributed by atoms with Gasteiger partial charge in [-0.3, -0.25) is 9.79 Å². The number of alkyl halides is 1. The van der Waals surface area contributed by atoms with Gasteiger partial charge in [-0.1, -0.05) is 28.1 Å². The maximum absolute atomic E-state index is 14.2. The topological polar surface area (TPSA) is 73.9 Å². The van der Waals surface area contributed by atoms with Gasteiger partial charge in [-0.05, 0) is 24.3 Å². The quantitative estimate of drug-likeness (QED) is 0.671. The second-order valence-corrected chi connectivity index (χ2v) is 8.37. The Morgan fingerprint density at radius 3 is 2.81 bits per heavy atom. The van der Waals surface area contributed by atoms with Crippen molar-refractivity contribution in [2.45, 2.75) is 9.53 Å². The lowest BCUT2D eigenvalue weighted by atomic mass is 10.1. The van der Waals surface area contributed by atoms with E-state index < -0.39 is 23.1 Å². The molecule has 0 aromatic heterocycles. The highest BCUT2D eigenvalue weighted by atomic mass is 79.9. The molecule has 1 aliphatic heterocycles. The number of ether oxygens (including phenoxy) is 2. The highest BCUT2D eigenvalue weighted by Gasteiger charge is 2.29. The van der Waals surface area contributed by atoms with Crippen LogP contribution in [0.25, 0.3) is 0 Å². The molecule has 2 aromatic carbocycles. The van der Waals surface area contributed by atoms with Crippen molar-refractivity contribution in [3.05, 3.63) is 59.2 Å². The molecule has 0 spiro atoms. The molecule has 2 unspecified atom stereocenters. The maximum atomic E-state index is 14.2. The molecule has 0 aliphatic carbocycles. The van der Waals surface area contributed by atoms with Crippen LogP contribution in [-0.2, 0) is 0 Å². The molecule has 2 atom stereocenters.